The van der Waals surface area contributed by atoms with Gasteiger partial charge in [0.25, 0.3) is 5.91 Å². The fourth-order valence-corrected chi connectivity index (χ4v) is 2.47. The molecule has 0 unspecified atom stereocenters. The van der Waals surface area contributed by atoms with Crippen molar-refractivity contribution in [2.75, 3.05) is 12.4 Å². The van der Waals surface area contributed by atoms with Crippen LogP contribution < -0.4 is 10.1 Å². The summed E-state index contributed by atoms with van der Waals surface area (Å²) in [5, 5.41) is 2.72. The third-order valence-electron chi connectivity index (χ3n) is 3.72. The Morgan fingerprint density at radius 2 is 1.90 bits per heavy atom. The molecule has 21 heavy (non-hydrogen) atoms. The second-order valence-electron chi connectivity index (χ2n) is 5.25. The molecule has 1 aliphatic carbocycles. The van der Waals surface area contributed by atoms with E-state index < -0.39 is 6.10 Å². The molecule has 1 N–H and O–H groups in total. The van der Waals surface area contributed by atoms with Gasteiger partial charge in [-0.3, -0.25) is 9.59 Å². The van der Waals surface area contributed by atoms with Gasteiger partial charge in [-0.2, -0.15) is 0 Å². The summed E-state index contributed by atoms with van der Waals surface area (Å²) >= 11 is 0. The highest BCUT2D eigenvalue weighted by Gasteiger charge is 2.27. The molecule has 0 spiro atoms. The number of amides is 1. The summed E-state index contributed by atoms with van der Waals surface area (Å²) < 4.78 is 10.4. The lowest BCUT2D eigenvalue weighted by atomic mass is 10.1. The Balaban J connectivity index is 1.91. The molecule has 1 atom stereocenters. The molecule has 114 valence electrons. The first-order valence-corrected chi connectivity index (χ1v) is 7.26. The fraction of sp³-hybridized carbons (Fsp3) is 0.500. The predicted molar refractivity (Wildman–Crippen MR) is 79.1 cm³/mol. The van der Waals surface area contributed by atoms with Crippen molar-refractivity contribution >= 4 is 17.6 Å². The zero-order valence-corrected chi connectivity index (χ0v) is 12.4. The highest BCUT2D eigenvalue weighted by molar-refractivity contribution is 5.96. The number of nitrogens with one attached hydrogen (secondary N) is 1. The van der Waals surface area contributed by atoms with E-state index in [4.69, 9.17) is 9.47 Å². The lowest BCUT2D eigenvalue weighted by Gasteiger charge is -2.17. The van der Waals surface area contributed by atoms with Crippen molar-refractivity contribution in [1.29, 1.82) is 0 Å². The van der Waals surface area contributed by atoms with E-state index in [2.05, 4.69) is 5.32 Å². The number of para-hydroxylation sites is 2. The van der Waals surface area contributed by atoms with Crippen LogP contribution in [-0.2, 0) is 14.3 Å². The van der Waals surface area contributed by atoms with Crippen molar-refractivity contribution in [3.8, 4) is 5.75 Å². The number of rotatable bonds is 5. The van der Waals surface area contributed by atoms with Crippen molar-refractivity contribution in [3.05, 3.63) is 24.3 Å². The summed E-state index contributed by atoms with van der Waals surface area (Å²) in [6, 6.07) is 7.11. The van der Waals surface area contributed by atoms with Crippen LogP contribution in [-0.4, -0.2) is 25.1 Å². The number of carbonyl (C=O) groups excluding carboxylic acids is 2. The molecule has 1 amide bonds. The zero-order valence-electron chi connectivity index (χ0n) is 12.4. The van der Waals surface area contributed by atoms with E-state index in [1.165, 1.54) is 7.11 Å². The van der Waals surface area contributed by atoms with Gasteiger partial charge in [0.1, 0.15) is 5.75 Å². The minimum atomic E-state index is -0.817. The number of hydrogen-bond donors (Lipinski definition) is 1. The Morgan fingerprint density at radius 1 is 1.24 bits per heavy atom. The Kier molecular flexibility index (Phi) is 5.20. The van der Waals surface area contributed by atoms with Gasteiger partial charge in [0.2, 0.25) is 0 Å². The van der Waals surface area contributed by atoms with E-state index in [1.54, 1.807) is 25.1 Å². The summed E-state index contributed by atoms with van der Waals surface area (Å²) in [6.07, 6.45) is 3.02. The molecule has 1 aromatic rings. The van der Waals surface area contributed by atoms with Crippen molar-refractivity contribution in [1.82, 2.24) is 0 Å². The van der Waals surface area contributed by atoms with Gasteiger partial charge < -0.3 is 14.8 Å². The van der Waals surface area contributed by atoms with E-state index >= 15 is 0 Å². The van der Waals surface area contributed by atoms with E-state index in [1.807, 2.05) is 6.07 Å². The first kappa shape index (κ1) is 15.4. The number of methoxy groups -OCH3 is 1. The Morgan fingerprint density at radius 3 is 2.57 bits per heavy atom. The summed E-state index contributed by atoms with van der Waals surface area (Å²) in [4.78, 5) is 24.0. The quantitative estimate of drug-likeness (QED) is 0.847. The van der Waals surface area contributed by atoms with E-state index in [0.717, 1.165) is 25.7 Å². The van der Waals surface area contributed by atoms with E-state index in [0.29, 0.717) is 11.4 Å². The first-order chi connectivity index (χ1) is 10.1. The van der Waals surface area contributed by atoms with Gasteiger partial charge in [-0.05, 0) is 31.9 Å². The topological polar surface area (TPSA) is 64.6 Å². The Labute approximate surface area is 124 Å². The maximum atomic E-state index is 12.1. The first-order valence-electron chi connectivity index (χ1n) is 7.26. The molecule has 0 bridgehead atoms. The molecule has 2 rings (SSSR count). The van der Waals surface area contributed by atoms with E-state index in [-0.39, 0.29) is 17.8 Å². The lowest BCUT2D eigenvalue weighted by Crippen LogP contribution is -2.31. The van der Waals surface area contributed by atoms with Crippen molar-refractivity contribution in [2.45, 2.75) is 38.7 Å². The molecule has 1 fully saturated rings. The van der Waals surface area contributed by atoms with Gasteiger partial charge >= 0.3 is 5.97 Å². The van der Waals surface area contributed by atoms with Crippen LogP contribution in [0.25, 0.3) is 0 Å². The summed E-state index contributed by atoms with van der Waals surface area (Å²) in [7, 11) is 1.54. The largest absolute Gasteiger partial charge is 0.495 e. The third kappa shape index (κ3) is 3.97. The van der Waals surface area contributed by atoms with Crippen LogP contribution in [0.2, 0.25) is 0 Å². The number of anilines is 1. The normalized spacial score (nSPS) is 16.3. The van der Waals surface area contributed by atoms with Gasteiger partial charge in [-0.25, -0.2) is 0 Å². The van der Waals surface area contributed by atoms with Crippen molar-refractivity contribution in [3.63, 3.8) is 0 Å². The number of esters is 1. The SMILES string of the molecule is COc1ccccc1NC(=O)[C@@H](C)OC(=O)C1CCCC1. The van der Waals surface area contributed by atoms with Crippen LogP contribution in [0.15, 0.2) is 24.3 Å². The van der Waals surface area contributed by atoms with Gasteiger partial charge in [0, 0.05) is 0 Å². The molecule has 5 heteroatoms. The fourth-order valence-electron chi connectivity index (χ4n) is 2.47. The lowest BCUT2D eigenvalue weighted by molar-refractivity contribution is -0.157. The second kappa shape index (κ2) is 7.11. The van der Waals surface area contributed by atoms with Crippen LogP contribution >= 0.6 is 0 Å². The highest BCUT2D eigenvalue weighted by atomic mass is 16.5. The number of carbonyl (C=O) groups is 2. The molecule has 0 aliphatic heterocycles. The molecule has 5 nitrogen and oxygen atoms in total. The molecule has 1 aliphatic rings. The summed E-state index contributed by atoms with van der Waals surface area (Å²) in [5.41, 5.74) is 0.564. The van der Waals surface area contributed by atoms with Crippen LogP contribution in [0.3, 0.4) is 0 Å². The molecular weight excluding hydrogens is 270 g/mol. The number of benzene rings is 1. The second-order valence-corrected chi connectivity index (χ2v) is 5.25. The number of hydrogen-bond acceptors (Lipinski definition) is 4. The van der Waals surface area contributed by atoms with Crippen LogP contribution in [0.4, 0.5) is 5.69 Å². The summed E-state index contributed by atoms with van der Waals surface area (Å²) in [5.74, 6) is -0.104. The maximum Gasteiger partial charge on any atom is 0.309 e. The molecule has 0 radical (unpaired) electrons. The van der Waals surface area contributed by atoms with E-state index in [9.17, 15) is 9.59 Å². The van der Waals surface area contributed by atoms with Crippen LogP contribution in [0, 0.1) is 5.92 Å². The minimum Gasteiger partial charge on any atom is -0.495 e. The van der Waals surface area contributed by atoms with Crippen molar-refractivity contribution < 1.29 is 19.1 Å². The van der Waals surface area contributed by atoms with Gasteiger partial charge in [0.05, 0.1) is 18.7 Å². The average molecular weight is 291 g/mol. The Hall–Kier alpha value is -2.04. The summed E-state index contributed by atoms with van der Waals surface area (Å²) in [6.45, 7) is 1.58. The molecular formula is C16H21NO4. The molecule has 0 saturated heterocycles. The zero-order chi connectivity index (χ0) is 15.2. The van der Waals surface area contributed by atoms with Gasteiger partial charge in [0.15, 0.2) is 6.10 Å². The predicted octanol–water partition coefficient (Wildman–Crippen LogP) is 2.76. The standard InChI is InChI=1S/C16H21NO4/c1-11(21-16(19)12-7-3-4-8-12)15(18)17-13-9-5-6-10-14(13)20-2/h5-6,9-12H,3-4,7-8H2,1-2H3,(H,17,18)/t11-/m1/s1. The molecule has 1 aromatic carbocycles. The highest BCUT2D eigenvalue weighted by Crippen LogP contribution is 2.26. The van der Waals surface area contributed by atoms with Crippen LogP contribution in [0.1, 0.15) is 32.6 Å². The Bertz CT molecular complexity index is 509. The minimum absolute atomic E-state index is 0.0495. The van der Waals surface area contributed by atoms with Gasteiger partial charge in [-0.1, -0.05) is 25.0 Å². The van der Waals surface area contributed by atoms with Crippen molar-refractivity contribution in [2.24, 2.45) is 5.92 Å². The smallest absolute Gasteiger partial charge is 0.309 e. The molecule has 0 aromatic heterocycles. The molecule has 0 heterocycles. The van der Waals surface area contributed by atoms with Gasteiger partial charge in [-0.15, -0.1) is 0 Å². The average Bonchev–Trinajstić information content (AvgIpc) is 3.02. The van der Waals surface area contributed by atoms with Crippen LogP contribution in [0.5, 0.6) is 5.75 Å². The number of ether oxygens (including phenoxy) is 2. The third-order valence-corrected chi connectivity index (χ3v) is 3.72. The molecule has 1 saturated carbocycles. The maximum absolute atomic E-state index is 12.1. The monoisotopic (exact) mass is 291 g/mol.